The Morgan fingerprint density at radius 2 is 2.07 bits per heavy atom. The molecule has 2 aromatic carbocycles. The van der Waals surface area contributed by atoms with E-state index in [9.17, 15) is 9.18 Å². The molecule has 0 aliphatic heterocycles. The van der Waals surface area contributed by atoms with Gasteiger partial charge in [-0.1, -0.05) is 35.9 Å². The molecule has 0 spiro atoms. The van der Waals surface area contributed by atoms with Crippen molar-refractivity contribution < 1.29 is 13.9 Å². The molecule has 0 saturated heterocycles. The lowest BCUT2D eigenvalue weighted by Gasteiger charge is -2.20. The molecule has 0 unspecified atom stereocenters. The van der Waals surface area contributed by atoms with Gasteiger partial charge < -0.3 is 9.64 Å². The van der Waals surface area contributed by atoms with Crippen molar-refractivity contribution in [3.05, 3.63) is 82.4 Å². The minimum Gasteiger partial charge on any atom is -0.494 e. The van der Waals surface area contributed by atoms with E-state index in [1.54, 1.807) is 27.9 Å². The largest absolute Gasteiger partial charge is 0.494 e. The molecular weight excluding hydrogens is 381 g/mol. The SMILES string of the molecule is CCN(Cc1ccc(OC)c(F)c1)C(=O)c1cnn(Cc2ccccc2Cl)c1. The summed E-state index contributed by atoms with van der Waals surface area (Å²) >= 11 is 6.19. The normalized spacial score (nSPS) is 10.7. The molecule has 0 fully saturated rings. The predicted molar refractivity (Wildman–Crippen MR) is 106 cm³/mol. The maximum absolute atomic E-state index is 13.9. The smallest absolute Gasteiger partial charge is 0.257 e. The number of aromatic nitrogens is 2. The van der Waals surface area contributed by atoms with Crippen molar-refractivity contribution in [2.75, 3.05) is 13.7 Å². The van der Waals surface area contributed by atoms with Crippen molar-refractivity contribution >= 4 is 17.5 Å². The number of halogens is 2. The maximum atomic E-state index is 13.9. The Morgan fingerprint density at radius 3 is 2.75 bits per heavy atom. The highest BCUT2D eigenvalue weighted by molar-refractivity contribution is 6.31. The number of carbonyl (C=O) groups excluding carboxylic acids is 1. The Labute approximate surface area is 168 Å². The van der Waals surface area contributed by atoms with Gasteiger partial charge in [-0.25, -0.2) is 4.39 Å². The maximum Gasteiger partial charge on any atom is 0.257 e. The van der Waals surface area contributed by atoms with Crippen LogP contribution in [0.15, 0.2) is 54.9 Å². The molecule has 1 aromatic heterocycles. The molecule has 0 bridgehead atoms. The third-order valence-electron chi connectivity index (χ3n) is 4.43. The first-order valence-corrected chi connectivity index (χ1v) is 9.27. The molecule has 0 atom stereocenters. The van der Waals surface area contributed by atoms with Crippen LogP contribution in [0.5, 0.6) is 5.75 Å². The van der Waals surface area contributed by atoms with Gasteiger partial charge in [0.05, 0.1) is 25.4 Å². The van der Waals surface area contributed by atoms with Crippen molar-refractivity contribution in [3.63, 3.8) is 0 Å². The fourth-order valence-corrected chi connectivity index (χ4v) is 3.10. The fourth-order valence-electron chi connectivity index (χ4n) is 2.90. The molecule has 7 heteroatoms. The fraction of sp³-hybridized carbons (Fsp3) is 0.238. The second-order valence-electron chi connectivity index (χ2n) is 6.31. The molecule has 3 rings (SSSR count). The molecule has 0 radical (unpaired) electrons. The van der Waals surface area contributed by atoms with Gasteiger partial charge in [-0.05, 0) is 36.2 Å². The van der Waals surface area contributed by atoms with Crippen molar-refractivity contribution in [2.45, 2.75) is 20.0 Å². The van der Waals surface area contributed by atoms with Crippen molar-refractivity contribution in [1.82, 2.24) is 14.7 Å². The molecule has 0 aliphatic rings. The van der Waals surface area contributed by atoms with Crippen LogP contribution in [-0.4, -0.2) is 34.2 Å². The number of nitrogens with zero attached hydrogens (tertiary/aromatic N) is 3. The summed E-state index contributed by atoms with van der Waals surface area (Å²) in [5.74, 6) is -0.431. The van der Waals surface area contributed by atoms with Crippen LogP contribution in [0, 0.1) is 5.82 Å². The lowest BCUT2D eigenvalue weighted by atomic mass is 10.2. The Bertz CT molecular complexity index is 974. The van der Waals surface area contributed by atoms with Crippen LogP contribution in [0.25, 0.3) is 0 Å². The number of carbonyl (C=O) groups is 1. The number of benzene rings is 2. The van der Waals surface area contributed by atoms with E-state index < -0.39 is 5.82 Å². The molecule has 0 aliphatic carbocycles. The third-order valence-corrected chi connectivity index (χ3v) is 4.80. The highest BCUT2D eigenvalue weighted by Gasteiger charge is 2.17. The zero-order chi connectivity index (χ0) is 20.1. The zero-order valence-electron chi connectivity index (χ0n) is 15.7. The van der Waals surface area contributed by atoms with E-state index in [-0.39, 0.29) is 11.7 Å². The Balaban J connectivity index is 1.72. The standard InChI is InChI=1S/C21H21ClFN3O2/c1-3-25(12-15-8-9-20(28-2)19(23)10-15)21(27)17-11-24-26(14-17)13-16-6-4-5-7-18(16)22/h4-11,14H,3,12-13H2,1-2H3. The molecule has 0 N–H and O–H groups in total. The first-order valence-electron chi connectivity index (χ1n) is 8.89. The number of methoxy groups -OCH3 is 1. The quantitative estimate of drug-likeness (QED) is 0.589. The lowest BCUT2D eigenvalue weighted by molar-refractivity contribution is 0.0752. The molecule has 3 aromatic rings. The monoisotopic (exact) mass is 401 g/mol. The molecule has 28 heavy (non-hydrogen) atoms. The van der Waals surface area contributed by atoms with E-state index in [2.05, 4.69) is 5.10 Å². The van der Waals surface area contributed by atoms with E-state index in [1.807, 2.05) is 31.2 Å². The zero-order valence-corrected chi connectivity index (χ0v) is 16.5. The summed E-state index contributed by atoms with van der Waals surface area (Å²) in [7, 11) is 1.42. The number of rotatable bonds is 7. The highest BCUT2D eigenvalue weighted by Crippen LogP contribution is 2.20. The van der Waals surface area contributed by atoms with Crippen LogP contribution in [0.3, 0.4) is 0 Å². The third kappa shape index (κ3) is 4.51. The Morgan fingerprint density at radius 1 is 1.29 bits per heavy atom. The summed E-state index contributed by atoms with van der Waals surface area (Å²) in [6.07, 6.45) is 3.24. The van der Waals surface area contributed by atoms with Gasteiger partial charge in [0.1, 0.15) is 0 Å². The van der Waals surface area contributed by atoms with Crippen molar-refractivity contribution in [3.8, 4) is 5.75 Å². The van der Waals surface area contributed by atoms with Gasteiger partial charge in [0.15, 0.2) is 11.6 Å². The van der Waals surface area contributed by atoms with Gasteiger partial charge in [-0.15, -0.1) is 0 Å². The Kier molecular flexibility index (Phi) is 6.31. The average Bonchev–Trinajstić information content (AvgIpc) is 3.16. The highest BCUT2D eigenvalue weighted by atomic mass is 35.5. The van der Waals surface area contributed by atoms with Gasteiger partial charge in [-0.2, -0.15) is 5.10 Å². The van der Waals surface area contributed by atoms with Crippen LogP contribution < -0.4 is 4.74 Å². The topological polar surface area (TPSA) is 47.4 Å². The lowest BCUT2D eigenvalue weighted by Crippen LogP contribution is -2.30. The molecule has 146 valence electrons. The van der Waals surface area contributed by atoms with Gasteiger partial charge in [-0.3, -0.25) is 9.48 Å². The first-order chi connectivity index (χ1) is 13.5. The second-order valence-corrected chi connectivity index (χ2v) is 6.71. The molecule has 1 amide bonds. The van der Waals surface area contributed by atoms with Gasteiger partial charge in [0.2, 0.25) is 0 Å². The van der Waals surface area contributed by atoms with Crippen LogP contribution in [0.2, 0.25) is 5.02 Å². The number of hydrogen-bond acceptors (Lipinski definition) is 3. The van der Waals surface area contributed by atoms with Crippen molar-refractivity contribution in [2.24, 2.45) is 0 Å². The number of hydrogen-bond donors (Lipinski definition) is 0. The average molecular weight is 402 g/mol. The van der Waals surface area contributed by atoms with Crippen LogP contribution in [-0.2, 0) is 13.1 Å². The van der Waals surface area contributed by atoms with E-state index >= 15 is 0 Å². The van der Waals surface area contributed by atoms with Crippen LogP contribution >= 0.6 is 11.6 Å². The van der Waals surface area contributed by atoms with Crippen LogP contribution in [0.1, 0.15) is 28.4 Å². The summed E-state index contributed by atoms with van der Waals surface area (Å²) in [5.41, 5.74) is 2.09. The Hall–Kier alpha value is -2.86. The van der Waals surface area contributed by atoms with Gasteiger partial charge >= 0.3 is 0 Å². The second kappa shape index (κ2) is 8.89. The number of ether oxygens (including phenoxy) is 1. The summed E-state index contributed by atoms with van der Waals surface area (Å²) in [4.78, 5) is 14.5. The first kappa shape index (κ1) is 19.9. The molecule has 5 nitrogen and oxygen atoms in total. The minimum absolute atomic E-state index is 0.163. The predicted octanol–water partition coefficient (Wildman–Crippen LogP) is 4.39. The van der Waals surface area contributed by atoms with E-state index in [4.69, 9.17) is 16.3 Å². The van der Waals surface area contributed by atoms with E-state index in [1.165, 1.54) is 19.4 Å². The summed E-state index contributed by atoms with van der Waals surface area (Å²) in [6, 6.07) is 12.2. The van der Waals surface area contributed by atoms with Gasteiger partial charge in [0, 0.05) is 24.3 Å². The molecule has 0 saturated carbocycles. The van der Waals surface area contributed by atoms with Crippen molar-refractivity contribution in [1.29, 1.82) is 0 Å². The summed E-state index contributed by atoms with van der Waals surface area (Å²) in [6.45, 7) is 3.14. The van der Waals surface area contributed by atoms with E-state index in [0.29, 0.717) is 35.8 Å². The van der Waals surface area contributed by atoms with Gasteiger partial charge in [0.25, 0.3) is 5.91 Å². The van der Waals surface area contributed by atoms with Crippen LogP contribution in [0.4, 0.5) is 4.39 Å². The molecular formula is C21H21ClFN3O2. The van der Waals surface area contributed by atoms with E-state index in [0.717, 1.165) is 5.56 Å². The summed E-state index contributed by atoms with van der Waals surface area (Å²) < 4.78 is 20.5. The number of amides is 1. The summed E-state index contributed by atoms with van der Waals surface area (Å²) in [5, 5.41) is 4.92. The molecule has 1 heterocycles. The minimum atomic E-state index is -0.448.